The van der Waals surface area contributed by atoms with Crippen LogP contribution in [0.2, 0.25) is 0 Å². The van der Waals surface area contributed by atoms with Crippen LogP contribution in [0.25, 0.3) is 0 Å². The van der Waals surface area contributed by atoms with Gasteiger partial charge < -0.3 is 0 Å². The Bertz CT molecular complexity index is 372. The molecule has 0 radical (unpaired) electrons. The van der Waals surface area contributed by atoms with Crippen LogP contribution >= 0.6 is 0 Å². The predicted molar refractivity (Wildman–Crippen MR) is 54.1 cm³/mol. The lowest BCUT2D eigenvalue weighted by Crippen LogP contribution is -2.23. The number of alkyl halides is 3. The summed E-state index contributed by atoms with van der Waals surface area (Å²) in [5.41, 5.74) is -1.42. The average molecular weight is 235 g/mol. The Hall–Kier alpha value is -1.07. The zero-order chi connectivity index (χ0) is 12.7. The van der Waals surface area contributed by atoms with Gasteiger partial charge in [0.25, 0.3) is 0 Å². The molecule has 0 saturated heterocycles. The normalized spacial score (nSPS) is 13.6. The molecule has 0 spiro atoms. The second-order valence-electron chi connectivity index (χ2n) is 5.07. The van der Waals surface area contributed by atoms with E-state index in [9.17, 15) is 13.2 Å². The topological polar surface area (TPSA) is 30.7 Å². The second-order valence-corrected chi connectivity index (χ2v) is 5.07. The summed E-state index contributed by atoms with van der Waals surface area (Å²) in [6.07, 6.45) is -4.42. The maximum Gasteiger partial charge on any atom is 0.434 e. The number of hydrogen-bond acceptors (Lipinski definition) is 2. The van der Waals surface area contributed by atoms with Gasteiger partial charge in [-0.25, -0.2) is 4.68 Å². The third kappa shape index (κ3) is 2.36. The highest BCUT2D eigenvalue weighted by atomic mass is 19.4. The number of rotatable bonds is 1. The molecule has 1 aromatic rings. The Morgan fingerprint density at radius 1 is 1.12 bits per heavy atom. The van der Waals surface area contributed by atoms with Crippen molar-refractivity contribution in [2.45, 2.75) is 52.3 Å². The fourth-order valence-corrected chi connectivity index (χ4v) is 1.42. The molecule has 0 saturated carbocycles. The zero-order valence-electron chi connectivity index (χ0n) is 10.1. The molecule has 1 rings (SSSR count). The van der Waals surface area contributed by atoms with Gasteiger partial charge in [0.1, 0.15) is 5.69 Å². The van der Waals surface area contributed by atoms with Crippen molar-refractivity contribution in [3.63, 3.8) is 0 Å². The van der Waals surface area contributed by atoms with Crippen LogP contribution in [-0.4, -0.2) is 15.0 Å². The molecule has 0 unspecified atom stereocenters. The Labute approximate surface area is 92.6 Å². The fourth-order valence-electron chi connectivity index (χ4n) is 1.42. The van der Waals surface area contributed by atoms with E-state index in [2.05, 4.69) is 10.3 Å². The molecule has 92 valence electrons. The maximum absolute atomic E-state index is 12.9. The molecule has 0 amide bonds. The van der Waals surface area contributed by atoms with Crippen LogP contribution in [0.4, 0.5) is 13.2 Å². The molecule has 6 heteroatoms. The smallest absolute Gasteiger partial charge is 0.237 e. The van der Waals surface area contributed by atoms with E-state index >= 15 is 0 Å². The summed E-state index contributed by atoms with van der Waals surface area (Å²) < 4.78 is 39.7. The van der Waals surface area contributed by atoms with Crippen molar-refractivity contribution in [3.8, 4) is 0 Å². The second kappa shape index (κ2) is 3.75. The lowest BCUT2D eigenvalue weighted by atomic mass is 9.90. The van der Waals surface area contributed by atoms with E-state index < -0.39 is 17.3 Å². The summed E-state index contributed by atoms with van der Waals surface area (Å²) >= 11 is 0. The molecule has 1 heterocycles. The van der Waals surface area contributed by atoms with E-state index in [0.717, 1.165) is 4.68 Å². The minimum atomic E-state index is -4.42. The van der Waals surface area contributed by atoms with Crippen LogP contribution in [-0.2, 0) is 11.6 Å². The summed E-state index contributed by atoms with van der Waals surface area (Å²) in [6.45, 7) is 8.37. The molecule has 0 bridgehead atoms. The third-order valence-electron chi connectivity index (χ3n) is 2.16. The summed E-state index contributed by atoms with van der Waals surface area (Å²) in [5, 5.41) is 7.26. The summed E-state index contributed by atoms with van der Waals surface area (Å²) in [4.78, 5) is 0. The van der Waals surface area contributed by atoms with Crippen molar-refractivity contribution in [2.75, 3.05) is 0 Å². The molecule has 0 aliphatic heterocycles. The quantitative estimate of drug-likeness (QED) is 0.748. The first kappa shape index (κ1) is 13.0. The molecule has 0 aliphatic rings. The molecule has 0 fully saturated rings. The first-order valence-electron chi connectivity index (χ1n) is 5.08. The standard InChI is InChI=1S/C10H16F3N3/c1-6(2)16-8(10(11,12)13)7(14-15-16)9(3,4)5/h6H,1-5H3. The van der Waals surface area contributed by atoms with Crippen LogP contribution in [0, 0.1) is 0 Å². The van der Waals surface area contributed by atoms with Gasteiger partial charge in [-0.2, -0.15) is 13.2 Å². The lowest BCUT2D eigenvalue weighted by molar-refractivity contribution is -0.145. The van der Waals surface area contributed by atoms with Gasteiger partial charge in [0.2, 0.25) is 0 Å². The average Bonchev–Trinajstić information content (AvgIpc) is 2.43. The van der Waals surface area contributed by atoms with Crippen LogP contribution in [0.5, 0.6) is 0 Å². The SMILES string of the molecule is CC(C)n1nnc(C(C)(C)C)c1C(F)(F)F. The van der Waals surface area contributed by atoms with Crippen molar-refractivity contribution >= 4 is 0 Å². The molecule has 0 N–H and O–H groups in total. The van der Waals surface area contributed by atoms with Crippen molar-refractivity contribution in [2.24, 2.45) is 0 Å². The largest absolute Gasteiger partial charge is 0.434 e. The predicted octanol–water partition coefficient (Wildman–Crippen LogP) is 3.18. The monoisotopic (exact) mass is 235 g/mol. The minimum absolute atomic E-state index is 0.00583. The molecule has 3 nitrogen and oxygen atoms in total. The summed E-state index contributed by atoms with van der Waals surface area (Å²) in [5.74, 6) is 0. The Kier molecular flexibility index (Phi) is 3.04. The lowest BCUT2D eigenvalue weighted by Gasteiger charge is -2.20. The Morgan fingerprint density at radius 2 is 1.62 bits per heavy atom. The van der Waals surface area contributed by atoms with E-state index in [4.69, 9.17) is 0 Å². The molecular weight excluding hydrogens is 219 g/mol. The Morgan fingerprint density at radius 3 is 1.94 bits per heavy atom. The molecule has 0 aliphatic carbocycles. The highest BCUT2D eigenvalue weighted by Crippen LogP contribution is 2.37. The van der Waals surface area contributed by atoms with Crippen LogP contribution in [0.15, 0.2) is 0 Å². The van der Waals surface area contributed by atoms with Crippen molar-refractivity contribution in [3.05, 3.63) is 11.4 Å². The van der Waals surface area contributed by atoms with E-state index in [-0.39, 0.29) is 11.7 Å². The first-order valence-corrected chi connectivity index (χ1v) is 5.08. The van der Waals surface area contributed by atoms with Crippen molar-refractivity contribution in [1.82, 2.24) is 15.0 Å². The van der Waals surface area contributed by atoms with Gasteiger partial charge in [-0.1, -0.05) is 26.0 Å². The molecule has 0 aromatic carbocycles. The summed E-state index contributed by atoms with van der Waals surface area (Å²) in [7, 11) is 0. The van der Waals surface area contributed by atoms with Gasteiger partial charge in [-0.15, -0.1) is 5.10 Å². The van der Waals surface area contributed by atoms with Crippen LogP contribution in [0.1, 0.15) is 52.0 Å². The fraction of sp³-hybridized carbons (Fsp3) is 0.800. The molecule has 0 atom stereocenters. The molecular formula is C10H16F3N3. The van der Waals surface area contributed by atoms with E-state index in [1.807, 2.05) is 0 Å². The number of halogens is 3. The van der Waals surface area contributed by atoms with Crippen molar-refractivity contribution < 1.29 is 13.2 Å². The summed E-state index contributed by atoms with van der Waals surface area (Å²) in [6, 6.07) is -0.361. The van der Waals surface area contributed by atoms with Gasteiger partial charge in [0.15, 0.2) is 5.69 Å². The van der Waals surface area contributed by atoms with Gasteiger partial charge in [-0.3, -0.25) is 0 Å². The zero-order valence-corrected chi connectivity index (χ0v) is 10.1. The van der Waals surface area contributed by atoms with Gasteiger partial charge in [-0.05, 0) is 13.8 Å². The number of aromatic nitrogens is 3. The maximum atomic E-state index is 12.9. The van der Waals surface area contributed by atoms with Crippen molar-refractivity contribution in [1.29, 1.82) is 0 Å². The first-order chi connectivity index (χ1) is 7.05. The van der Waals surface area contributed by atoms with E-state index in [1.165, 1.54) is 0 Å². The number of nitrogens with zero attached hydrogens (tertiary/aromatic N) is 3. The highest BCUT2D eigenvalue weighted by Gasteiger charge is 2.42. The van der Waals surface area contributed by atoms with E-state index in [0.29, 0.717) is 0 Å². The van der Waals surface area contributed by atoms with Gasteiger partial charge in [0.05, 0.1) is 0 Å². The highest BCUT2D eigenvalue weighted by molar-refractivity contribution is 5.22. The van der Waals surface area contributed by atoms with Gasteiger partial charge >= 0.3 is 6.18 Å². The Balaban J connectivity index is 3.44. The third-order valence-corrected chi connectivity index (χ3v) is 2.16. The molecule has 1 aromatic heterocycles. The van der Waals surface area contributed by atoms with Crippen LogP contribution in [0.3, 0.4) is 0 Å². The number of hydrogen-bond donors (Lipinski definition) is 0. The molecule has 16 heavy (non-hydrogen) atoms. The minimum Gasteiger partial charge on any atom is -0.237 e. The van der Waals surface area contributed by atoms with Gasteiger partial charge in [0, 0.05) is 11.5 Å². The van der Waals surface area contributed by atoms with Crippen LogP contribution < -0.4 is 0 Å². The van der Waals surface area contributed by atoms with E-state index in [1.54, 1.807) is 34.6 Å².